The third-order valence-corrected chi connectivity index (χ3v) is 8.93. The van der Waals surface area contributed by atoms with Crippen LogP contribution in [0.3, 0.4) is 0 Å². The van der Waals surface area contributed by atoms with Crippen LogP contribution in [0.2, 0.25) is 0 Å². The fourth-order valence-corrected chi connectivity index (χ4v) is 6.90. The van der Waals surface area contributed by atoms with E-state index in [1.165, 1.54) is 0 Å². The van der Waals surface area contributed by atoms with Crippen molar-refractivity contribution in [3.8, 4) is 5.75 Å². The predicted octanol–water partition coefficient (Wildman–Crippen LogP) is 0.183. The van der Waals surface area contributed by atoms with Crippen LogP contribution in [-0.4, -0.2) is 98.7 Å². The van der Waals surface area contributed by atoms with E-state index in [1.807, 2.05) is 13.1 Å². The number of carboxylic acids is 2. The Morgan fingerprint density at radius 2 is 1.84 bits per heavy atom. The molecular formula is C29H33NO13. The van der Waals surface area contributed by atoms with E-state index < -0.39 is 78.4 Å². The molecule has 1 spiro atoms. The van der Waals surface area contributed by atoms with Crippen LogP contribution < -0.4 is 4.74 Å². The van der Waals surface area contributed by atoms with Crippen molar-refractivity contribution < 1.29 is 63.3 Å². The van der Waals surface area contributed by atoms with Crippen molar-refractivity contribution in [3.63, 3.8) is 0 Å². The summed E-state index contributed by atoms with van der Waals surface area (Å²) in [5, 5.41) is 40.0. The van der Waals surface area contributed by atoms with Gasteiger partial charge in [0.2, 0.25) is 6.10 Å². The second-order valence-corrected chi connectivity index (χ2v) is 11.4. The molecule has 1 aromatic carbocycles. The lowest BCUT2D eigenvalue weighted by Crippen LogP contribution is -2.74. The summed E-state index contributed by atoms with van der Waals surface area (Å²) in [6.45, 7) is 1.53. The normalized spacial score (nSPS) is 28.0. The Morgan fingerprint density at radius 1 is 1.12 bits per heavy atom. The first-order valence-corrected chi connectivity index (χ1v) is 13.9. The van der Waals surface area contributed by atoms with Crippen molar-refractivity contribution >= 4 is 29.8 Å². The quantitative estimate of drug-likeness (QED) is 0.197. The lowest BCUT2D eigenvalue weighted by molar-refractivity contribution is -0.178. The number of carbonyl (C=O) groups excluding carboxylic acids is 3. The Bertz CT molecular complexity index is 1400. The number of aliphatic hydroxyl groups excluding tert-OH is 1. The highest BCUT2D eigenvalue weighted by molar-refractivity contribution is 5.85. The molecule has 1 fully saturated rings. The number of rotatable bonds is 11. The zero-order valence-electron chi connectivity index (χ0n) is 23.6. The summed E-state index contributed by atoms with van der Waals surface area (Å²) in [4.78, 5) is 61.3. The van der Waals surface area contributed by atoms with Gasteiger partial charge in [-0.05, 0) is 45.0 Å². The van der Waals surface area contributed by atoms with E-state index in [4.69, 9.17) is 24.4 Å². The highest BCUT2D eigenvalue weighted by Gasteiger charge is 2.71. The number of likely N-dealkylation sites (N-methyl/N-ethyl adjacent to an activating group) is 1. The predicted molar refractivity (Wildman–Crippen MR) is 141 cm³/mol. The molecule has 0 radical (unpaired) electrons. The third-order valence-electron chi connectivity index (χ3n) is 8.93. The van der Waals surface area contributed by atoms with Crippen LogP contribution >= 0.6 is 0 Å². The third kappa shape index (κ3) is 5.02. The molecule has 0 amide bonds. The molecule has 2 heterocycles. The number of aliphatic carboxylic acids is 2. The summed E-state index contributed by atoms with van der Waals surface area (Å²) >= 11 is 0. The average molecular weight is 604 g/mol. The summed E-state index contributed by atoms with van der Waals surface area (Å²) in [7, 11) is 1.97. The van der Waals surface area contributed by atoms with Crippen molar-refractivity contribution in [2.24, 2.45) is 0 Å². The molecule has 4 N–H and O–H groups in total. The first-order valence-electron chi connectivity index (χ1n) is 13.9. The van der Waals surface area contributed by atoms with Gasteiger partial charge in [0.25, 0.3) is 0 Å². The van der Waals surface area contributed by atoms with E-state index >= 15 is 0 Å². The Labute approximate surface area is 245 Å². The van der Waals surface area contributed by atoms with Gasteiger partial charge in [0, 0.05) is 23.6 Å². The number of ether oxygens (including phenoxy) is 4. The molecule has 1 aromatic rings. The molecular weight excluding hydrogens is 570 g/mol. The van der Waals surface area contributed by atoms with Gasteiger partial charge < -0.3 is 44.3 Å². The van der Waals surface area contributed by atoms with Crippen molar-refractivity contribution in [2.45, 2.75) is 87.4 Å². The number of hydrogen-bond acceptors (Lipinski definition) is 12. The van der Waals surface area contributed by atoms with E-state index in [0.29, 0.717) is 30.7 Å². The summed E-state index contributed by atoms with van der Waals surface area (Å²) in [5.41, 5.74) is 0.324. The van der Waals surface area contributed by atoms with E-state index in [0.717, 1.165) is 18.1 Å². The molecule has 43 heavy (non-hydrogen) atoms. The maximum Gasteiger partial charge on any atom is 0.348 e. The number of hydrogen-bond donors (Lipinski definition) is 4. The number of piperidine rings is 1. The highest BCUT2D eigenvalue weighted by atomic mass is 16.6. The Balaban J connectivity index is 1.24. The summed E-state index contributed by atoms with van der Waals surface area (Å²) < 4.78 is 21.6. The van der Waals surface area contributed by atoms with Gasteiger partial charge in [0.05, 0.1) is 36.9 Å². The van der Waals surface area contributed by atoms with E-state index in [-0.39, 0.29) is 24.8 Å². The molecule has 14 nitrogen and oxygen atoms in total. The van der Waals surface area contributed by atoms with Crippen LogP contribution in [0.4, 0.5) is 0 Å². The summed E-state index contributed by atoms with van der Waals surface area (Å²) in [6.07, 6.45) is -3.26. The SMILES string of the molecule is C[C@H](OC(=O)CCC(=O)OC1=CC[C@@]2(O)[C@H]3Cc4ccc(CO)c5c4[C@@]2(CCN3C)[C@H]1O5)C(=O)O[C@@H](CC(=O)O)C(=O)O. The van der Waals surface area contributed by atoms with Crippen molar-refractivity contribution in [1.82, 2.24) is 4.90 Å². The van der Waals surface area contributed by atoms with Gasteiger partial charge in [-0.2, -0.15) is 0 Å². The van der Waals surface area contributed by atoms with Gasteiger partial charge in [0.1, 0.15) is 11.5 Å². The summed E-state index contributed by atoms with van der Waals surface area (Å²) in [6, 6.07) is 3.55. The Hall–Kier alpha value is -4.01. The molecule has 2 bridgehead atoms. The van der Waals surface area contributed by atoms with Crippen molar-refractivity contribution in [3.05, 3.63) is 40.7 Å². The maximum atomic E-state index is 12.9. The van der Waals surface area contributed by atoms with Gasteiger partial charge in [0.15, 0.2) is 12.2 Å². The number of aliphatic hydroxyl groups is 2. The molecule has 6 atom stereocenters. The van der Waals surface area contributed by atoms with Gasteiger partial charge >= 0.3 is 29.8 Å². The molecule has 232 valence electrons. The van der Waals surface area contributed by atoms with Crippen molar-refractivity contribution in [2.75, 3.05) is 13.6 Å². The monoisotopic (exact) mass is 603 g/mol. The van der Waals surface area contributed by atoms with Crippen LogP contribution in [-0.2, 0) is 56.6 Å². The van der Waals surface area contributed by atoms with Crippen molar-refractivity contribution in [1.29, 1.82) is 0 Å². The van der Waals surface area contributed by atoms with Gasteiger partial charge in [-0.25, -0.2) is 9.59 Å². The Kier molecular flexibility index (Phi) is 7.96. The van der Waals surface area contributed by atoms with E-state index in [2.05, 4.69) is 9.64 Å². The molecule has 1 saturated heterocycles. The van der Waals surface area contributed by atoms with E-state index in [9.17, 15) is 34.2 Å². The van der Waals surface area contributed by atoms with Gasteiger partial charge in [-0.1, -0.05) is 12.1 Å². The van der Waals surface area contributed by atoms with Gasteiger partial charge in [-0.3, -0.25) is 14.4 Å². The number of likely N-dealkylation sites (tertiary alicyclic amines) is 1. The number of nitrogens with zero attached hydrogens (tertiary/aromatic N) is 1. The minimum atomic E-state index is -1.96. The highest BCUT2D eigenvalue weighted by Crippen LogP contribution is 2.64. The smallest absolute Gasteiger partial charge is 0.348 e. The standard InChI is InChI=1S/C29H33NO13/c1-14(27(38)42-18(26(36)37)12-20(32)33)40-21(34)5-6-22(35)41-17-7-8-29(39)19-11-15-3-4-16(13-31)24-23(15)28(29,25(17)43-24)9-10-30(19)2/h3-4,7,14,18-19,25,31,39H,5-6,8-13H2,1-2H3,(H,32,33)(H,36,37)/t14-,18-,19+,25-,28-,29+/m0/s1. The zero-order valence-corrected chi connectivity index (χ0v) is 23.6. The fourth-order valence-electron chi connectivity index (χ4n) is 6.90. The number of carboxylic acid groups (broad SMARTS) is 2. The lowest BCUT2D eigenvalue weighted by atomic mass is 9.50. The minimum absolute atomic E-state index is 0.197. The van der Waals surface area contributed by atoms with Gasteiger partial charge in [-0.15, -0.1) is 0 Å². The molecule has 0 aromatic heterocycles. The maximum absolute atomic E-state index is 12.9. The summed E-state index contributed by atoms with van der Waals surface area (Å²) in [5.74, 6) is -5.48. The number of esters is 3. The second-order valence-electron chi connectivity index (χ2n) is 11.4. The number of carbonyl (C=O) groups is 5. The molecule has 2 aliphatic carbocycles. The number of benzene rings is 1. The molecule has 0 saturated carbocycles. The first kappa shape index (κ1) is 30.4. The van der Waals surface area contributed by atoms with E-state index in [1.54, 1.807) is 12.1 Å². The average Bonchev–Trinajstić information content (AvgIpc) is 3.30. The lowest BCUT2D eigenvalue weighted by Gasteiger charge is -2.61. The Morgan fingerprint density at radius 3 is 2.51 bits per heavy atom. The molecule has 4 aliphatic rings. The second kappa shape index (κ2) is 11.2. The van der Waals surface area contributed by atoms with Crippen LogP contribution in [0, 0.1) is 0 Å². The molecule has 5 rings (SSSR count). The molecule has 2 aliphatic heterocycles. The largest absolute Gasteiger partial charge is 0.481 e. The fraction of sp³-hybridized carbons (Fsp3) is 0.552. The molecule has 14 heteroatoms. The van der Waals surface area contributed by atoms with Crippen LogP contribution in [0.15, 0.2) is 24.0 Å². The van der Waals surface area contributed by atoms with Crippen LogP contribution in [0.25, 0.3) is 0 Å². The minimum Gasteiger partial charge on any atom is -0.481 e. The zero-order chi connectivity index (χ0) is 31.3. The first-order chi connectivity index (χ1) is 20.3. The molecule has 0 unspecified atom stereocenters. The van der Waals surface area contributed by atoms with Crippen LogP contribution in [0.1, 0.15) is 55.7 Å². The topological polar surface area (TPSA) is 206 Å². The van der Waals surface area contributed by atoms with Crippen LogP contribution in [0.5, 0.6) is 5.75 Å².